The monoisotopic (exact) mass is 261 g/mol. The van der Waals surface area contributed by atoms with Crippen molar-refractivity contribution in [2.24, 2.45) is 5.73 Å². The van der Waals surface area contributed by atoms with Gasteiger partial charge in [0.2, 0.25) is 0 Å². The Balaban J connectivity index is 2.17. The van der Waals surface area contributed by atoms with Crippen LogP contribution in [0.25, 0.3) is 0 Å². The Kier molecular flexibility index (Phi) is 5.26. The van der Waals surface area contributed by atoms with Crippen LogP contribution >= 0.6 is 0 Å². The number of hydrogen-bond donors (Lipinski definition) is 1. The predicted molar refractivity (Wildman–Crippen MR) is 80.6 cm³/mol. The molecule has 0 saturated carbocycles. The molecule has 0 atom stereocenters. The van der Waals surface area contributed by atoms with Gasteiger partial charge >= 0.3 is 0 Å². The van der Waals surface area contributed by atoms with Gasteiger partial charge in [-0.05, 0) is 49.3 Å². The van der Waals surface area contributed by atoms with Crippen LogP contribution in [0.15, 0.2) is 12.1 Å². The van der Waals surface area contributed by atoms with Gasteiger partial charge in [0.05, 0.1) is 6.10 Å². The molecule has 0 unspecified atom stereocenters. The number of benzene rings is 1. The maximum Gasteiger partial charge on any atom is 0.124 e. The summed E-state index contributed by atoms with van der Waals surface area (Å²) in [5.41, 5.74) is 10.0. The zero-order valence-electron chi connectivity index (χ0n) is 12.4. The summed E-state index contributed by atoms with van der Waals surface area (Å²) in [6, 6.07) is 4.52. The van der Waals surface area contributed by atoms with E-state index in [1.165, 1.54) is 48.8 Å². The third-order valence-corrected chi connectivity index (χ3v) is 4.01. The van der Waals surface area contributed by atoms with Crippen molar-refractivity contribution in [3.63, 3.8) is 0 Å². The Morgan fingerprint density at radius 2 is 1.74 bits per heavy atom. The summed E-state index contributed by atoms with van der Waals surface area (Å²) in [6.45, 7) is 5.02. The molecule has 2 N–H and O–H groups in total. The van der Waals surface area contributed by atoms with Crippen molar-refractivity contribution >= 4 is 0 Å². The van der Waals surface area contributed by atoms with E-state index in [1.807, 2.05) is 0 Å². The highest BCUT2D eigenvalue weighted by Crippen LogP contribution is 2.31. The minimum atomic E-state index is 0.347. The molecule has 1 aliphatic carbocycles. The van der Waals surface area contributed by atoms with Crippen LogP contribution in [0.3, 0.4) is 0 Å². The van der Waals surface area contributed by atoms with Crippen molar-refractivity contribution in [3.05, 3.63) is 28.8 Å². The molecule has 1 aliphatic rings. The highest BCUT2D eigenvalue weighted by Gasteiger charge is 2.17. The van der Waals surface area contributed by atoms with Crippen LogP contribution in [0.2, 0.25) is 0 Å². The van der Waals surface area contributed by atoms with E-state index in [2.05, 4.69) is 26.0 Å². The van der Waals surface area contributed by atoms with Crippen LogP contribution in [0.5, 0.6) is 5.75 Å². The van der Waals surface area contributed by atoms with E-state index in [0.29, 0.717) is 12.6 Å². The maximum atomic E-state index is 6.26. The van der Waals surface area contributed by atoms with Crippen molar-refractivity contribution in [1.29, 1.82) is 0 Å². The summed E-state index contributed by atoms with van der Waals surface area (Å²) in [5.74, 6) is 1.04. The molecule has 106 valence electrons. The molecule has 2 rings (SSSR count). The number of fused-ring (bicyclic) bond motifs is 1. The Morgan fingerprint density at radius 3 is 2.32 bits per heavy atom. The second kappa shape index (κ2) is 6.95. The normalized spacial score (nSPS) is 13.9. The average molecular weight is 261 g/mol. The van der Waals surface area contributed by atoms with E-state index in [9.17, 15) is 0 Å². The maximum absolute atomic E-state index is 6.26. The second-order valence-corrected chi connectivity index (χ2v) is 5.60. The Bertz CT molecular complexity index is 408. The fraction of sp³-hybridized carbons (Fsp3) is 0.647. The van der Waals surface area contributed by atoms with E-state index in [1.54, 1.807) is 0 Å². The lowest BCUT2D eigenvalue weighted by molar-refractivity contribution is 0.177. The second-order valence-electron chi connectivity index (χ2n) is 5.60. The first-order chi connectivity index (χ1) is 9.28. The minimum absolute atomic E-state index is 0.347. The molecule has 0 amide bonds. The van der Waals surface area contributed by atoms with E-state index in [4.69, 9.17) is 10.5 Å². The Hall–Kier alpha value is -1.02. The van der Waals surface area contributed by atoms with Gasteiger partial charge in [-0.3, -0.25) is 0 Å². The van der Waals surface area contributed by atoms with Gasteiger partial charge < -0.3 is 10.5 Å². The summed E-state index contributed by atoms with van der Waals surface area (Å²) in [4.78, 5) is 0. The Labute approximate surface area is 117 Å². The van der Waals surface area contributed by atoms with Gasteiger partial charge in [-0.1, -0.05) is 32.8 Å². The highest BCUT2D eigenvalue weighted by molar-refractivity contribution is 5.44. The van der Waals surface area contributed by atoms with Crippen LogP contribution in [-0.2, 0) is 19.4 Å². The van der Waals surface area contributed by atoms with Gasteiger partial charge in [-0.2, -0.15) is 0 Å². The van der Waals surface area contributed by atoms with Crippen molar-refractivity contribution in [2.75, 3.05) is 0 Å². The molecule has 2 nitrogen and oxygen atoms in total. The minimum Gasteiger partial charge on any atom is -0.490 e. The van der Waals surface area contributed by atoms with Crippen molar-refractivity contribution < 1.29 is 4.74 Å². The van der Waals surface area contributed by atoms with Crippen LogP contribution in [0.1, 0.15) is 62.6 Å². The quantitative estimate of drug-likeness (QED) is 0.805. The van der Waals surface area contributed by atoms with Gasteiger partial charge in [0.15, 0.2) is 0 Å². The summed E-state index contributed by atoms with van der Waals surface area (Å²) in [7, 11) is 0. The largest absolute Gasteiger partial charge is 0.490 e. The first kappa shape index (κ1) is 14.4. The molecule has 0 fully saturated rings. The molecule has 0 aliphatic heterocycles. The molecule has 0 radical (unpaired) electrons. The van der Waals surface area contributed by atoms with Gasteiger partial charge in [0, 0.05) is 12.1 Å². The average Bonchev–Trinajstić information content (AvgIpc) is 2.85. The van der Waals surface area contributed by atoms with E-state index in [-0.39, 0.29) is 0 Å². The lowest BCUT2D eigenvalue weighted by Crippen LogP contribution is -2.17. The molecule has 1 aromatic rings. The number of ether oxygens (including phenoxy) is 1. The zero-order valence-corrected chi connectivity index (χ0v) is 12.4. The molecular formula is C17H27NO. The molecular weight excluding hydrogens is 234 g/mol. The SMILES string of the molecule is CCCC(CCC)Oc1cc2c(cc1CN)CCC2. The predicted octanol–water partition coefficient (Wildman–Crippen LogP) is 3.98. The number of hydrogen-bond acceptors (Lipinski definition) is 2. The smallest absolute Gasteiger partial charge is 0.124 e. The summed E-state index contributed by atoms with van der Waals surface area (Å²) < 4.78 is 6.26. The lowest BCUT2D eigenvalue weighted by Gasteiger charge is -2.21. The van der Waals surface area contributed by atoms with Crippen LogP contribution in [0.4, 0.5) is 0 Å². The number of rotatable bonds is 7. The van der Waals surface area contributed by atoms with Crippen molar-refractivity contribution in [2.45, 2.75) is 71.4 Å². The third kappa shape index (κ3) is 3.50. The molecule has 19 heavy (non-hydrogen) atoms. The van der Waals surface area contributed by atoms with Gasteiger partial charge in [-0.25, -0.2) is 0 Å². The van der Waals surface area contributed by atoms with E-state index < -0.39 is 0 Å². The van der Waals surface area contributed by atoms with Gasteiger partial charge in [-0.15, -0.1) is 0 Å². The fourth-order valence-corrected chi connectivity index (χ4v) is 3.01. The molecule has 0 spiro atoms. The number of aryl methyl sites for hydroxylation is 2. The molecule has 0 saturated heterocycles. The third-order valence-electron chi connectivity index (χ3n) is 4.01. The summed E-state index contributed by atoms with van der Waals surface area (Å²) >= 11 is 0. The first-order valence-electron chi connectivity index (χ1n) is 7.79. The zero-order chi connectivity index (χ0) is 13.7. The van der Waals surface area contributed by atoms with Crippen molar-refractivity contribution in [3.8, 4) is 5.75 Å². The summed E-state index contributed by atoms with van der Waals surface area (Å²) in [5, 5.41) is 0. The van der Waals surface area contributed by atoms with E-state index >= 15 is 0 Å². The molecule has 0 aromatic heterocycles. The van der Waals surface area contributed by atoms with Crippen LogP contribution in [-0.4, -0.2) is 6.10 Å². The molecule has 2 heteroatoms. The van der Waals surface area contributed by atoms with Gasteiger partial charge in [0.1, 0.15) is 5.75 Å². The fourth-order valence-electron chi connectivity index (χ4n) is 3.01. The number of nitrogens with two attached hydrogens (primary N) is 1. The summed E-state index contributed by atoms with van der Waals surface area (Å²) in [6.07, 6.45) is 8.64. The lowest BCUT2D eigenvalue weighted by atomic mass is 10.0. The molecule has 0 heterocycles. The topological polar surface area (TPSA) is 35.2 Å². The first-order valence-corrected chi connectivity index (χ1v) is 7.79. The van der Waals surface area contributed by atoms with Crippen LogP contribution < -0.4 is 10.5 Å². The molecule has 0 bridgehead atoms. The van der Waals surface area contributed by atoms with Crippen molar-refractivity contribution in [1.82, 2.24) is 0 Å². The van der Waals surface area contributed by atoms with Gasteiger partial charge in [0.25, 0.3) is 0 Å². The standard InChI is InChI=1S/C17H27NO/c1-3-6-16(7-4-2)19-17-11-14-9-5-8-13(14)10-15(17)12-18/h10-11,16H,3-9,12,18H2,1-2H3. The molecule has 1 aromatic carbocycles. The van der Waals surface area contributed by atoms with Crippen LogP contribution in [0, 0.1) is 0 Å². The Morgan fingerprint density at radius 1 is 1.11 bits per heavy atom. The highest BCUT2D eigenvalue weighted by atomic mass is 16.5. The van der Waals surface area contributed by atoms with E-state index in [0.717, 1.165) is 18.6 Å².